The van der Waals surface area contributed by atoms with Crippen LogP contribution < -0.4 is 0 Å². The highest BCUT2D eigenvalue weighted by molar-refractivity contribution is 7.98. The van der Waals surface area contributed by atoms with E-state index in [2.05, 4.69) is 19.3 Å². The lowest BCUT2D eigenvalue weighted by atomic mass is 9.47. The molecule has 0 aromatic rings. The van der Waals surface area contributed by atoms with Gasteiger partial charge in [0.1, 0.15) is 5.78 Å². The van der Waals surface area contributed by atoms with Gasteiger partial charge in [0.2, 0.25) is 0 Å². The Hall–Kier alpha value is -0.570. The van der Waals surface area contributed by atoms with Crippen LogP contribution in [0.2, 0.25) is 0 Å². The van der Waals surface area contributed by atoms with Gasteiger partial charge >= 0.3 is 0 Å². The number of allylic oxidation sites excluding steroid dienone is 3. The van der Waals surface area contributed by atoms with Crippen molar-refractivity contribution < 1.29 is 9.18 Å². The lowest BCUT2D eigenvalue weighted by Gasteiger charge is -2.58. The third-order valence-corrected chi connectivity index (χ3v) is 8.81. The van der Waals surface area contributed by atoms with Crippen LogP contribution in [0.5, 0.6) is 0 Å². The number of carbonyl (C=O) groups is 1. The Balaban J connectivity index is 1.72. The fraction of sp³-hybridized carbons (Fsp3) is 0.762. The molecule has 4 aliphatic carbocycles. The fourth-order valence-corrected chi connectivity index (χ4v) is 7.86. The summed E-state index contributed by atoms with van der Waals surface area (Å²) in [7, 11) is 0. The Morgan fingerprint density at radius 1 is 1.21 bits per heavy atom. The first kappa shape index (κ1) is 16.9. The monoisotopic (exact) mass is 348 g/mol. The fourth-order valence-electron chi connectivity index (χ4n) is 6.80. The molecule has 0 radical (unpaired) electrons. The summed E-state index contributed by atoms with van der Waals surface area (Å²) in [5, 5.41) is 0. The van der Waals surface area contributed by atoms with Crippen molar-refractivity contribution in [2.24, 2.45) is 28.6 Å². The van der Waals surface area contributed by atoms with Crippen LogP contribution in [0.4, 0.5) is 4.39 Å². The molecule has 1 nitrogen and oxygen atoms in total. The molecule has 0 aromatic carbocycles. The number of halogens is 1. The Morgan fingerprint density at radius 2 is 2.04 bits per heavy atom. The normalized spacial score (nSPS) is 46.3. The first-order valence-electron chi connectivity index (χ1n) is 9.58. The molecule has 0 spiro atoms. The lowest BCUT2D eigenvalue weighted by Crippen LogP contribution is -2.52. The molecule has 0 heterocycles. The minimum absolute atomic E-state index is 0.0401. The van der Waals surface area contributed by atoms with Crippen molar-refractivity contribution in [1.82, 2.24) is 0 Å². The summed E-state index contributed by atoms with van der Waals surface area (Å²) in [5.41, 5.74) is 2.63. The van der Waals surface area contributed by atoms with Crippen molar-refractivity contribution in [3.63, 3.8) is 0 Å². The predicted molar refractivity (Wildman–Crippen MR) is 98.6 cm³/mol. The van der Waals surface area contributed by atoms with Gasteiger partial charge in [0, 0.05) is 23.0 Å². The number of thioether (sulfide) groups is 1. The van der Waals surface area contributed by atoms with Gasteiger partial charge in [-0.2, -0.15) is 11.8 Å². The van der Waals surface area contributed by atoms with Crippen LogP contribution in [-0.4, -0.2) is 17.8 Å². The molecule has 5 atom stereocenters. The van der Waals surface area contributed by atoms with Crippen molar-refractivity contribution in [3.05, 3.63) is 23.6 Å². The molecule has 0 aliphatic heterocycles. The van der Waals surface area contributed by atoms with Crippen LogP contribution in [0.25, 0.3) is 0 Å². The highest BCUT2D eigenvalue weighted by Crippen LogP contribution is 2.65. The summed E-state index contributed by atoms with van der Waals surface area (Å²) in [6.07, 6.45) is 13.7. The average Bonchev–Trinajstić information content (AvgIpc) is 2.90. The Kier molecular flexibility index (Phi) is 4.22. The molecule has 0 N–H and O–H groups in total. The van der Waals surface area contributed by atoms with Crippen LogP contribution in [0.1, 0.15) is 58.3 Å². The van der Waals surface area contributed by atoms with E-state index in [0.29, 0.717) is 23.5 Å². The van der Waals surface area contributed by atoms with Crippen LogP contribution in [0, 0.1) is 28.6 Å². The summed E-state index contributed by atoms with van der Waals surface area (Å²) in [6.45, 7) is 2.25. The van der Waals surface area contributed by atoms with Gasteiger partial charge in [-0.1, -0.05) is 18.6 Å². The Bertz CT molecular complexity index is 609. The van der Waals surface area contributed by atoms with Gasteiger partial charge in [-0.15, -0.1) is 0 Å². The molecule has 0 amide bonds. The molecule has 3 heteroatoms. The van der Waals surface area contributed by atoms with E-state index >= 15 is 0 Å². The molecule has 24 heavy (non-hydrogen) atoms. The maximum absolute atomic E-state index is 13.1. The predicted octanol–water partition coefficient (Wildman–Crippen LogP) is 5.71. The van der Waals surface area contributed by atoms with E-state index in [4.69, 9.17) is 0 Å². The van der Waals surface area contributed by atoms with E-state index in [1.54, 1.807) is 0 Å². The molecule has 3 saturated carbocycles. The maximum Gasteiger partial charge on any atom is 0.139 e. The zero-order valence-corrected chi connectivity index (χ0v) is 15.8. The SMILES string of the molecule is CSC[C@]12CCC(=CF)C=C1CC[C@@H]1[C@@H]2CC[C@]2(C)C(=O)CC[C@@H]12. The van der Waals surface area contributed by atoms with Crippen molar-refractivity contribution >= 4 is 17.5 Å². The van der Waals surface area contributed by atoms with E-state index in [1.165, 1.54) is 18.4 Å². The second-order valence-electron chi connectivity index (χ2n) is 8.78. The number of rotatable bonds is 2. The first-order chi connectivity index (χ1) is 11.5. The van der Waals surface area contributed by atoms with Crippen molar-refractivity contribution in [2.45, 2.75) is 58.3 Å². The van der Waals surface area contributed by atoms with E-state index in [9.17, 15) is 9.18 Å². The van der Waals surface area contributed by atoms with E-state index < -0.39 is 0 Å². The van der Waals surface area contributed by atoms with Gasteiger partial charge in [0.15, 0.2) is 0 Å². The maximum atomic E-state index is 13.1. The van der Waals surface area contributed by atoms with E-state index in [-0.39, 0.29) is 10.8 Å². The lowest BCUT2D eigenvalue weighted by molar-refractivity contribution is -0.132. The number of ketones is 1. The Morgan fingerprint density at radius 3 is 2.79 bits per heavy atom. The zero-order valence-electron chi connectivity index (χ0n) is 14.9. The summed E-state index contributed by atoms with van der Waals surface area (Å²) < 4.78 is 13.1. The number of hydrogen-bond donors (Lipinski definition) is 0. The highest BCUT2D eigenvalue weighted by Gasteiger charge is 2.59. The quantitative estimate of drug-likeness (QED) is 0.635. The van der Waals surface area contributed by atoms with Gasteiger partial charge in [-0.3, -0.25) is 4.79 Å². The zero-order chi connectivity index (χ0) is 16.9. The molecule has 4 aliphatic rings. The molecular weight excluding hydrogens is 319 g/mol. The Labute approximate surface area is 149 Å². The largest absolute Gasteiger partial charge is 0.299 e. The van der Waals surface area contributed by atoms with E-state index in [1.807, 2.05) is 11.8 Å². The number of fused-ring (bicyclic) bond motifs is 5. The molecular formula is C21H29FOS. The van der Waals surface area contributed by atoms with Crippen LogP contribution >= 0.6 is 11.8 Å². The van der Waals surface area contributed by atoms with Crippen LogP contribution in [0.3, 0.4) is 0 Å². The van der Waals surface area contributed by atoms with Gasteiger partial charge in [0.05, 0.1) is 6.33 Å². The number of carbonyl (C=O) groups excluding carboxylic acids is 1. The summed E-state index contributed by atoms with van der Waals surface area (Å²) >= 11 is 1.95. The number of Topliss-reactive ketones (excluding diaryl/α,β-unsaturated/α-hetero) is 1. The first-order valence-corrected chi connectivity index (χ1v) is 11.0. The summed E-state index contributed by atoms with van der Waals surface area (Å²) in [6, 6.07) is 0. The summed E-state index contributed by atoms with van der Waals surface area (Å²) in [5.74, 6) is 3.70. The average molecular weight is 349 g/mol. The van der Waals surface area contributed by atoms with Crippen molar-refractivity contribution in [2.75, 3.05) is 12.0 Å². The molecule has 4 rings (SSSR count). The molecule has 3 fully saturated rings. The molecule has 0 unspecified atom stereocenters. The van der Waals surface area contributed by atoms with Crippen LogP contribution in [0.15, 0.2) is 23.6 Å². The second-order valence-corrected chi connectivity index (χ2v) is 9.64. The van der Waals surface area contributed by atoms with Gasteiger partial charge in [-0.05, 0) is 74.5 Å². The molecule has 132 valence electrons. The highest BCUT2D eigenvalue weighted by atomic mass is 32.2. The minimum Gasteiger partial charge on any atom is -0.299 e. The summed E-state index contributed by atoms with van der Waals surface area (Å²) in [4.78, 5) is 12.5. The molecule has 0 bridgehead atoms. The topological polar surface area (TPSA) is 17.1 Å². The van der Waals surface area contributed by atoms with Crippen LogP contribution in [-0.2, 0) is 4.79 Å². The van der Waals surface area contributed by atoms with Crippen molar-refractivity contribution in [1.29, 1.82) is 0 Å². The molecule has 0 saturated heterocycles. The minimum atomic E-state index is -0.0401. The third-order valence-electron chi connectivity index (χ3n) is 8.00. The van der Waals surface area contributed by atoms with Gasteiger partial charge in [0.25, 0.3) is 0 Å². The smallest absolute Gasteiger partial charge is 0.139 e. The third kappa shape index (κ3) is 2.22. The van der Waals surface area contributed by atoms with Gasteiger partial charge in [-0.25, -0.2) is 4.39 Å². The van der Waals surface area contributed by atoms with Gasteiger partial charge < -0.3 is 0 Å². The second kappa shape index (κ2) is 6.00. The van der Waals surface area contributed by atoms with E-state index in [0.717, 1.165) is 56.2 Å². The standard InChI is InChI=1S/C21H29FOS/c1-20-9-8-18-16(17(20)5-6-19(20)23)4-3-15-11-14(12-22)7-10-21(15,18)13-24-2/h11-12,16-18H,3-10,13H2,1-2H3/t16-,17-,18-,20-,21+/m0/s1. The molecule has 0 aromatic heterocycles. The van der Waals surface area contributed by atoms with Crippen molar-refractivity contribution in [3.8, 4) is 0 Å². The number of hydrogen-bond acceptors (Lipinski definition) is 2.